The maximum atomic E-state index is 6.30. The van der Waals surface area contributed by atoms with Crippen LogP contribution in [0.4, 0.5) is 0 Å². The average Bonchev–Trinajstić information content (AvgIpc) is 3.37. The predicted molar refractivity (Wildman–Crippen MR) is 121 cm³/mol. The molecule has 2 aromatic rings. The number of hydrogen-bond donors (Lipinski definition) is 0. The van der Waals surface area contributed by atoms with Gasteiger partial charge >= 0.3 is 0 Å². The molecule has 0 amide bonds. The second kappa shape index (κ2) is 7.59. The highest BCUT2D eigenvalue weighted by atomic mass is 28.3. The fourth-order valence-electron chi connectivity index (χ4n) is 5.58. The summed E-state index contributed by atoms with van der Waals surface area (Å²) in [5.74, 6) is 1.76. The van der Waals surface area contributed by atoms with Crippen molar-refractivity contribution in [1.29, 1.82) is 0 Å². The van der Waals surface area contributed by atoms with Gasteiger partial charge in [0.25, 0.3) is 0 Å². The van der Waals surface area contributed by atoms with Crippen molar-refractivity contribution in [3.63, 3.8) is 0 Å². The van der Waals surface area contributed by atoms with Crippen LogP contribution < -0.4 is 9.47 Å². The number of ether oxygens (including phenoxy) is 2. The maximum absolute atomic E-state index is 6.30. The summed E-state index contributed by atoms with van der Waals surface area (Å²) in [6.07, 6.45) is 1.10. The fourth-order valence-corrected chi connectivity index (χ4v) is 13.5. The van der Waals surface area contributed by atoms with Gasteiger partial charge in [0.1, 0.15) is 6.61 Å². The zero-order valence-electron chi connectivity index (χ0n) is 18.6. The quantitative estimate of drug-likeness (QED) is 0.479. The van der Waals surface area contributed by atoms with Gasteiger partial charge in [-0.05, 0) is 39.2 Å². The van der Waals surface area contributed by atoms with Gasteiger partial charge in [0.2, 0.25) is 0 Å². The summed E-state index contributed by atoms with van der Waals surface area (Å²) >= 11 is 0. The highest BCUT2D eigenvalue weighted by molar-refractivity contribution is 6.95. The second-order valence-electron chi connectivity index (χ2n) is 10.3. The molecule has 2 aromatic carbocycles. The Morgan fingerprint density at radius 1 is 0.893 bits per heavy atom. The van der Waals surface area contributed by atoms with Crippen molar-refractivity contribution in [3.8, 4) is 11.5 Å². The smallest absolute Gasteiger partial charge is 0.164 e. The predicted octanol–water partition coefficient (Wildman–Crippen LogP) is 7.25. The number of methoxy groups -OCH3 is 1. The van der Waals surface area contributed by atoms with Gasteiger partial charge in [-0.3, -0.25) is 0 Å². The molecule has 152 valence electrons. The molecule has 0 radical (unpaired) electrons. The molecule has 0 aromatic heterocycles. The SMILES string of the molecule is COc1cccc(CC2C[Si]2(C(C)(C)C)C(C)(C)C)c1OCc1ccccc1. The molecule has 1 heterocycles. The van der Waals surface area contributed by atoms with E-state index >= 15 is 0 Å². The largest absolute Gasteiger partial charge is 0.493 e. The molecular formula is C25H36O2Si. The van der Waals surface area contributed by atoms with E-state index < -0.39 is 8.07 Å². The molecule has 1 saturated heterocycles. The Balaban J connectivity index is 1.85. The van der Waals surface area contributed by atoms with Crippen molar-refractivity contribution in [3.05, 3.63) is 59.7 Å². The van der Waals surface area contributed by atoms with Crippen LogP contribution in [0.15, 0.2) is 48.5 Å². The second-order valence-corrected chi connectivity index (χ2v) is 16.5. The Morgan fingerprint density at radius 3 is 2.07 bits per heavy atom. The third-order valence-corrected chi connectivity index (χ3v) is 14.5. The molecule has 1 aliphatic rings. The number of para-hydroxylation sites is 1. The van der Waals surface area contributed by atoms with Crippen molar-refractivity contribution in [2.24, 2.45) is 0 Å². The van der Waals surface area contributed by atoms with Gasteiger partial charge in [0, 0.05) is 0 Å². The van der Waals surface area contributed by atoms with E-state index in [1.54, 1.807) is 7.11 Å². The number of hydrogen-bond acceptors (Lipinski definition) is 2. The molecule has 3 rings (SSSR count). The highest BCUT2D eigenvalue weighted by Crippen LogP contribution is 2.72. The first-order chi connectivity index (χ1) is 13.1. The molecule has 1 unspecified atom stereocenters. The molecule has 2 nitrogen and oxygen atoms in total. The lowest BCUT2D eigenvalue weighted by Gasteiger charge is -2.41. The molecule has 1 atom stereocenters. The van der Waals surface area contributed by atoms with Gasteiger partial charge in [0.05, 0.1) is 15.2 Å². The van der Waals surface area contributed by atoms with Crippen molar-refractivity contribution in [1.82, 2.24) is 0 Å². The highest BCUT2D eigenvalue weighted by Gasteiger charge is 2.67. The maximum Gasteiger partial charge on any atom is 0.164 e. The Labute approximate surface area is 172 Å². The lowest BCUT2D eigenvalue weighted by atomic mass is 10.1. The minimum absolute atomic E-state index is 0.417. The van der Waals surface area contributed by atoms with Crippen LogP contribution in [-0.4, -0.2) is 15.2 Å². The van der Waals surface area contributed by atoms with Crippen molar-refractivity contribution in [2.75, 3.05) is 7.11 Å². The van der Waals surface area contributed by atoms with Crippen LogP contribution in [-0.2, 0) is 13.0 Å². The van der Waals surface area contributed by atoms with E-state index in [1.807, 2.05) is 12.1 Å². The Hall–Kier alpha value is -1.74. The van der Waals surface area contributed by atoms with Crippen LogP contribution in [0.2, 0.25) is 21.7 Å². The zero-order valence-corrected chi connectivity index (χ0v) is 19.6. The first-order valence-corrected chi connectivity index (χ1v) is 12.7. The third kappa shape index (κ3) is 3.87. The Bertz CT molecular complexity index is 786. The van der Waals surface area contributed by atoms with E-state index in [9.17, 15) is 0 Å². The van der Waals surface area contributed by atoms with Crippen LogP contribution >= 0.6 is 0 Å². The van der Waals surface area contributed by atoms with Gasteiger partial charge in [-0.15, -0.1) is 0 Å². The average molecular weight is 397 g/mol. The molecule has 3 heteroatoms. The van der Waals surface area contributed by atoms with Gasteiger partial charge in [-0.2, -0.15) is 0 Å². The van der Waals surface area contributed by atoms with Crippen LogP contribution in [0.5, 0.6) is 11.5 Å². The fraction of sp³-hybridized carbons (Fsp3) is 0.520. The molecule has 1 fully saturated rings. The first-order valence-electron chi connectivity index (χ1n) is 10.4. The number of benzene rings is 2. The van der Waals surface area contributed by atoms with Gasteiger partial charge < -0.3 is 9.47 Å². The standard InChI is InChI=1S/C25H36O2Si/c1-24(2,3)28(25(4,5)6)18-21(28)16-20-14-11-15-22(26-7)23(20)27-17-19-12-9-8-10-13-19/h8-15,21H,16-18H2,1-7H3. The minimum atomic E-state index is -1.40. The molecule has 0 N–H and O–H groups in total. The van der Waals surface area contributed by atoms with Crippen molar-refractivity contribution < 1.29 is 9.47 Å². The molecule has 0 saturated carbocycles. The Kier molecular flexibility index (Phi) is 5.68. The van der Waals surface area contributed by atoms with Gasteiger partial charge in [-0.1, -0.05) is 90.1 Å². The Morgan fingerprint density at radius 2 is 1.54 bits per heavy atom. The zero-order chi connectivity index (χ0) is 20.6. The van der Waals surface area contributed by atoms with Crippen LogP contribution in [0.1, 0.15) is 52.7 Å². The van der Waals surface area contributed by atoms with E-state index in [0.29, 0.717) is 16.7 Å². The van der Waals surface area contributed by atoms with E-state index in [2.05, 4.69) is 77.9 Å². The van der Waals surface area contributed by atoms with Crippen LogP contribution in [0.25, 0.3) is 0 Å². The summed E-state index contributed by atoms with van der Waals surface area (Å²) in [5, 5.41) is 0.833. The van der Waals surface area contributed by atoms with E-state index in [0.717, 1.165) is 23.5 Å². The summed E-state index contributed by atoms with van der Waals surface area (Å²) in [7, 11) is 0.329. The molecule has 0 bridgehead atoms. The summed E-state index contributed by atoms with van der Waals surface area (Å²) in [6.45, 7) is 15.3. The molecule has 0 spiro atoms. The lowest BCUT2D eigenvalue weighted by molar-refractivity contribution is 0.281. The van der Waals surface area contributed by atoms with Gasteiger partial charge in [-0.25, -0.2) is 0 Å². The minimum Gasteiger partial charge on any atom is -0.493 e. The topological polar surface area (TPSA) is 18.5 Å². The van der Waals surface area contributed by atoms with Crippen LogP contribution in [0, 0.1) is 0 Å². The summed E-state index contributed by atoms with van der Waals surface area (Å²) in [5.41, 5.74) is 3.28. The molecule has 1 aliphatic heterocycles. The van der Waals surface area contributed by atoms with Crippen molar-refractivity contribution >= 4 is 8.07 Å². The molecule has 28 heavy (non-hydrogen) atoms. The summed E-state index contributed by atoms with van der Waals surface area (Å²) in [6, 6.07) is 18.1. The molecule has 0 aliphatic carbocycles. The lowest BCUT2D eigenvalue weighted by Crippen LogP contribution is -2.39. The monoisotopic (exact) mass is 396 g/mol. The van der Waals surface area contributed by atoms with Gasteiger partial charge in [0.15, 0.2) is 11.5 Å². The van der Waals surface area contributed by atoms with Crippen LogP contribution in [0.3, 0.4) is 0 Å². The van der Waals surface area contributed by atoms with E-state index in [-0.39, 0.29) is 0 Å². The van der Waals surface area contributed by atoms with E-state index in [4.69, 9.17) is 9.47 Å². The third-order valence-electron chi connectivity index (χ3n) is 6.75. The normalized spacial score (nSPS) is 18.6. The number of rotatable bonds is 6. The summed E-state index contributed by atoms with van der Waals surface area (Å²) in [4.78, 5) is 0. The molecular weight excluding hydrogens is 360 g/mol. The van der Waals surface area contributed by atoms with Crippen molar-refractivity contribution in [2.45, 2.75) is 76.2 Å². The van der Waals surface area contributed by atoms with E-state index in [1.165, 1.54) is 17.2 Å². The first kappa shape index (κ1) is 21.0. The summed E-state index contributed by atoms with van der Waals surface area (Å²) < 4.78 is 12.0.